The maximum Gasteiger partial charge on any atom is 0.307 e. The van der Waals surface area contributed by atoms with Crippen molar-refractivity contribution >= 4 is 28.3 Å². The Kier molecular flexibility index (Phi) is 3.73. The first kappa shape index (κ1) is 12.0. The lowest BCUT2D eigenvalue weighted by Crippen LogP contribution is -2.36. The number of rotatable bonds is 3. The zero-order valence-corrected chi connectivity index (χ0v) is 10.1. The van der Waals surface area contributed by atoms with Crippen molar-refractivity contribution in [1.82, 2.24) is 4.98 Å². The van der Waals surface area contributed by atoms with Gasteiger partial charge in [0.15, 0.2) is 5.13 Å². The maximum absolute atomic E-state index is 12.0. The average Bonchev–Trinajstić information content (AvgIpc) is 2.81. The fourth-order valence-electron chi connectivity index (χ4n) is 2.22. The molecule has 6 heteroatoms. The number of amides is 1. The molecule has 1 fully saturated rings. The van der Waals surface area contributed by atoms with Crippen molar-refractivity contribution in [3.8, 4) is 0 Å². The van der Waals surface area contributed by atoms with Crippen molar-refractivity contribution in [2.24, 2.45) is 11.8 Å². The number of carboxylic acids is 1. The molecule has 5 nitrogen and oxygen atoms in total. The van der Waals surface area contributed by atoms with E-state index in [0.29, 0.717) is 18.0 Å². The minimum atomic E-state index is -0.871. The Labute approximate surface area is 103 Å². The fourth-order valence-corrected chi connectivity index (χ4v) is 2.76. The van der Waals surface area contributed by atoms with E-state index >= 15 is 0 Å². The van der Waals surface area contributed by atoms with E-state index in [1.54, 1.807) is 11.6 Å². The van der Waals surface area contributed by atoms with E-state index in [-0.39, 0.29) is 5.91 Å². The van der Waals surface area contributed by atoms with E-state index < -0.39 is 17.8 Å². The first-order valence-corrected chi connectivity index (χ1v) is 6.49. The monoisotopic (exact) mass is 254 g/mol. The molecule has 0 aromatic carbocycles. The number of carbonyl (C=O) groups is 2. The highest BCUT2D eigenvalue weighted by molar-refractivity contribution is 7.13. The van der Waals surface area contributed by atoms with Crippen LogP contribution in [0, 0.1) is 11.8 Å². The third kappa shape index (κ3) is 2.82. The minimum Gasteiger partial charge on any atom is -0.481 e. The van der Waals surface area contributed by atoms with E-state index in [9.17, 15) is 9.59 Å². The highest BCUT2D eigenvalue weighted by Gasteiger charge is 2.35. The summed E-state index contributed by atoms with van der Waals surface area (Å²) in [7, 11) is 0. The third-order valence-electron chi connectivity index (χ3n) is 3.08. The third-order valence-corrected chi connectivity index (χ3v) is 3.77. The van der Waals surface area contributed by atoms with Crippen LogP contribution in [0.3, 0.4) is 0 Å². The van der Waals surface area contributed by atoms with Crippen LogP contribution in [-0.4, -0.2) is 22.0 Å². The van der Waals surface area contributed by atoms with Gasteiger partial charge in [-0.3, -0.25) is 9.59 Å². The van der Waals surface area contributed by atoms with E-state index in [1.807, 2.05) is 0 Å². The number of anilines is 1. The second-order valence-corrected chi connectivity index (χ2v) is 5.06. The number of hydrogen-bond donors (Lipinski definition) is 2. The van der Waals surface area contributed by atoms with Crippen LogP contribution in [-0.2, 0) is 9.59 Å². The second-order valence-electron chi connectivity index (χ2n) is 4.16. The lowest BCUT2D eigenvalue weighted by Gasteiger charge is -2.26. The highest BCUT2D eigenvalue weighted by Crippen LogP contribution is 2.31. The van der Waals surface area contributed by atoms with Crippen LogP contribution in [0.1, 0.15) is 25.7 Å². The topological polar surface area (TPSA) is 79.3 Å². The molecular formula is C11H14N2O3S. The minimum absolute atomic E-state index is 0.216. The number of nitrogens with one attached hydrogen (secondary N) is 1. The Balaban J connectivity index is 2.03. The predicted octanol–water partition coefficient (Wildman–Crippen LogP) is 1.97. The molecule has 92 valence electrons. The zero-order chi connectivity index (χ0) is 12.3. The number of aliphatic carboxylic acids is 1. The van der Waals surface area contributed by atoms with Gasteiger partial charge in [-0.1, -0.05) is 12.8 Å². The predicted molar refractivity (Wildman–Crippen MR) is 63.8 cm³/mol. The molecule has 1 aromatic rings. The average molecular weight is 254 g/mol. The summed E-state index contributed by atoms with van der Waals surface area (Å²) < 4.78 is 0. The van der Waals surface area contributed by atoms with Gasteiger partial charge in [0.2, 0.25) is 5.91 Å². The summed E-state index contributed by atoms with van der Waals surface area (Å²) in [6.07, 6.45) is 4.65. The molecule has 1 heterocycles. The Hall–Kier alpha value is -1.43. The molecule has 2 atom stereocenters. The van der Waals surface area contributed by atoms with E-state index in [2.05, 4.69) is 10.3 Å². The number of thiazole rings is 1. The lowest BCUT2D eigenvalue weighted by molar-refractivity contribution is -0.147. The van der Waals surface area contributed by atoms with Crippen molar-refractivity contribution < 1.29 is 14.7 Å². The molecule has 0 saturated heterocycles. The van der Waals surface area contributed by atoms with Crippen molar-refractivity contribution in [3.63, 3.8) is 0 Å². The molecule has 1 aliphatic rings. The van der Waals surface area contributed by atoms with Gasteiger partial charge in [-0.05, 0) is 12.8 Å². The molecule has 0 bridgehead atoms. The number of aromatic nitrogens is 1. The van der Waals surface area contributed by atoms with Crippen LogP contribution >= 0.6 is 11.3 Å². The smallest absolute Gasteiger partial charge is 0.307 e. The Morgan fingerprint density at radius 1 is 1.35 bits per heavy atom. The van der Waals surface area contributed by atoms with Crippen LogP contribution < -0.4 is 5.32 Å². The van der Waals surface area contributed by atoms with Gasteiger partial charge in [0.25, 0.3) is 0 Å². The van der Waals surface area contributed by atoms with E-state index in [0.717, 1.165) is 12.8 Å². The van der Waals surface area contributed by atoms with Crippen LogP contribution in [0.25, 0.3) is 0 Å². The van der Waals surface area contributed by atoms with Gasteiger partial charge in [-0.25, -0.2) is 4.98 Å². The van der Waals surface area contributed by atoms with Gasteiger partial charge in [0.05, 0.1) is 11.8 Å². The van der Waals surface area contributed by atoms with Gasteiger partial charge >= 0.3 is 5.97 Å². The standard InChI is InChI=1S/C11H14N2O3S/c14-9(13-11-12-5-6-17-11)7-3-1-2-4-8(7)10(15)16/h5-8H,1-4H2,(H,15,16)(H,12,13,14)/t7-,8+/m0/s1. The molecule has 1 aliphatic carbocycles. The number of carbonyl (C=O) groups excluding carboxylic acids is 1. The number of nitrogens with zero attached hydrogens (tertiary/aromatic N) is 1. The highest BCUT2D eigenvalue weighted by atomic mass is 32.1. The maximum atomic E-state index is 12.0. The number of carboxylic acid groups (broad SMARTS) is 1. The lowest BCUT2D eigenvalue weighted by atomic mass is 9.79. The SMILES string of the molecule is O=C(Nc1nccs1)[C@H]1CCCC[C@H]1C(=O)O. The first-order valence-electron chi connectivity index (χ1n) is 5.61. The largest absolute Gasteiger partial charge is 0.481 e. The summed E-state index contributed by atoms with van der Waals surface area (Å²) in [6, 6.07) is 0. The van der Waals surface area contributed by atoms with Gasteiger partial charge in [0.1, 0.15) is 0 Å². The Bertz CT molecular complexity index is 405. The summed E-state index contributed by atoms with van der Waals surface area (Å²) in [6.45, 7) is 0. The number of hydrogen-bond acceptors (Lipinski definition) is 4. The second kappa shape index (κ2) is 5.27. The molecule has 0 spiro atoms. The van der Waals surface area contributed by atoms with E-state index in [4.69, 9.17) is 5.11 Å². The van der Waals surface area contributed by atoms with E-state index in [1.165, 1.54) is 11.3 Å². The Morgan fingerprint density at radius 2 is 2.06 bits per heavy atom. The van der Waals surface area contributed by atoms with Crippen LogP contribution in [0.5, 0.6) is 0 Å². The van der Waals surface area contributed by atoms with Gasteiger partial charge in [-0.15, -0.1) is 11.3 Å². The Morgan fingerprint density at radius 3 is 2.65 bits per heavy atom. The molecule has 0 unspecified atom stereocenters. The molecule has 0 aliphatic heterocycles. The van der Waals surface area contributed by atoms with Crippen molar-refractivity contribution in [2.75, 3.05) is 5.32 Å². The summed E-state index contributed by atoms with van der Waals surface area (Å²) in [5.74, 6) is -2.06. The van der Waals surface area contributed by atoms with Gasteiger partial charge in [0, 0.05) is 11.6 Å². The molecule has 1 amide bonds. The summed E-state index contributed by atoms with van der Waals surface area (Å²) in [5, 5.41) is 14.1. The fraction of sp³-hybridized carbons (Fsp3) is 0.545. The summed E-state index contributed by atoms with van der Waals surface area (Å²) in [5.41, 5.74) is 0. The summed E-state index contributed by atoms with van der Waals surface area (Å²) in [4.78, 5) is 27.0. The molecule has 1 saturated carbocycles. The molecule has 2 N–H and O–H groups in total. The summed E-state index contributed by atoms with van der Waals surface area (Å²) >= 11 is 1.33. The molecule has 2 rings (SSSR count). The van der Waals surface area contributed by atoms with Crippen LogP contribution in [0.2, 0.25) is 0 Å². The van der Waals surface area contributed by atoms with Crippen molar-refractivity contribution in [1.29, 1.82) is 0 Å². The van der Waals surface area contributed by atoms with Crippen LogP contribution in [0.4, 0.5) is 5.13 Å². The first-order chi connectivity index (χ1) is 8.18. The molecule has 0 radical (unpaired) electrons. The van der Waals surface area contributed by atoms with Crippen molar-refractivity contribution in [3.05, 3.63) is 11.6 Å². The van der Waals surface area contributed by atoms with Crippen LogP contribution in [0.15, 0.2) is 11.6 Å². The van der Waals surface area contributed by atoms with Gasteiger partial charge < -0.3 is 10.4 Å². The van der Waals surface area contributed by atoms with Crippen molar-refractivity contribution in [2.45, 2.75) is 25.7 Å². The van der Waals surface area contributed by atoms with Gasteiger partial charge in [-0.2, -0.15) is 0 Å². The molecular weight excluding hydrogens is 240 g/mol. The zero-order valence-electron chi connectivity index (χ0n) is 9.26. The molecule has 17 heavy (non-hydrogen) atoms. The normalized spacial score (nSPS) is 24.2. The quantitative estimate of drug-likeness (QED) is 0.864. The molecule has 1 aromatic heterocycles.